The molecule has 3 rings (SSSR count). The number of carbonyl (C=O) groups excluding carboxylic acids is 1. The van der Waals surface area contributed by atoms with Crippen LogP contribution in [0.15, 0.2) is 47.8 Å². The molecular formula is C19H24N2O3S. The van der Waals surface area contributed by atoms with Crippen molar-refractivity contribution in [2.24, 2.45) is 5.73 Å². The number of aliphatic hydroxyl groups is 1. The Kier molecular flexibility index (Phi) is 6.20. The highest BCUT2D eigenvalue weighted by atomic mass is 32.1. The maximum Gasteiger partial charge on any atom is 0.252 e. The van der Waals surface area contributed by atoms with Crippen molar-refractivity contribution < 1.29 is 14.6 Å². The largest absolute Gasteiger partial charge is 0.386 e. The number of hydrogen-bond acceptors (Lipinski definition) is 5. The van der Waals surface area contributed by atoms with Gasteiger partial charge in [-0.15, -0.1) is 11.3 Å². The van der Waals surface area contributed by atoms with Crippen LogP contribution >= 0.6 is 11.3 Å². The number of ether oxygens (including phenoxy) is 1. The van der Waals surface area contributed by atoms with Gasteiger partial charge in [0.25, 0.3) is 5.91 Å². The van der Waals surface area contributed by atoms with E-state index in [-0.39, 0.29) is 18.6 Å². The van der Waals surface area contributed by atoms with Crippen molar-refractivity contribution in [2.45, 2.75) is 37.7 Å². The first-order valence-electron chi connectivity index (χ1n) is 8.57. The molecule has 0 aliphatic carbocycles. The van der Waals surface area contributed by atoms with Crippen LogP contribution in [-0.2, 0) is 16.1 Å². The molecule has 1 aliphatic rings. The molecule has 3 N–H and O–H groups in total. The van der Waals surface area contributed by atoms with Gasteiger partial charge in [0.15, 0.2) is 0 Å². The first-order chi connectivity index (χ1) is 12.2. The summed E-state index contributed by atoms with van der Waals surface area (Å²) >= 11 is 1.49. The Labute approximate surface area is 152 Å². The summed E-state index contributed by atoms with van der Waals surface area (Å²) in [5, 5.41) is 12.4. The van der Waals surface area contributed by atoms with Crippen LogP contribution < -0.4 is 5.73 Å². The smallest absolute Gasteiger partial charge is 0.252 e. The van der Waals surface area contributed by atoms with Crippen LogP contribution in [0.5, 0.6) is 0 Å². The van der Waals surface area contributed by atoms with Crippen LogP contribution in [0.25, 0.3) is 0 Å². The van der Waals surface area contributed by atoms with Gasteiger partial charge in [-0.1, -0.05) is 36.4 Å². The molecule has 1 aromatic heterocycles. The minimum atomic E-state index is -0.695. The van der Waals surface area contributed by atoms with Gasteiger partial charge in [0.2, 0.25) is 0 Å². The van der Waals surface area contributed by atoms with E-state index >= 15 is 0 Å². The molecule has 134 valence electrons. The molecule has 2 aromatic rings. The third-order valence-corrected chi connectivity index (χ3v) is 5.41. The fraction of sp³-hybridized carbons (Fsp3) is 0.421. The number of amides is 1. The molecule has 0 bridgehead atoms. The standard InChI is InChI=1S/C19H24N2O3S/c20-11-15-8-9-17(24-15)19(23)21(12-14-5-2-1-3-6-14)13-16(22)18-7-4-10-25-18/h1-7,10,15-17,22H,8-9,11-13,20H2/t15-,16?,17+/m1/s1. The Balaban J connectivity index is 1.72. The maximum absolute atomic E-state index is 13.0. The summed E-state index contributed by atoms with van der Waals surface area (Å²) in [6, 6.07) is 13.6. The molecule has 1 aromatic carbocycles. The topological polar surface area (TPSA) is 75.8 Å². The van der Waals surface area contributed by atoms with Crippen LogP contribution in [0.4, 0.5) is 0 Å². The van der Waals surface area contributed by atoms with Gasteiger partial charge in [-0.05, 0) is 29.9 Å². The lowest BCUT2D eigenvalue weighted by molar-refractivity contribution is -0.145. The zero-order chi connectivity index (χ0) is 17.6. The zero-order valence-corrected chi connectivity index (χ0v) is 14.9. The Morgan fingerprint density at radius 2 is 2.08 bits per heavy atom. The van der Waals surface area contributed by atoms with Crippen LogP contribution in [0, 0.1) is 0 Å². The molecule has 2 heterocycles. The Morgan fingerprint density at radius 3 is 2.72 bits per heavy atom. The van der Waals surface area contributed by atoms with Gasteiger partial charge in [-0.25, -0.2) is 0 Å². The van der Waals surface area contributed by atoms with Crippen LogP contribution in [0.3, 0.4) is 0 Å². The monoisotopic (exact) mass is 360 g/mol. The molecule has 5 nitrogen and oxygen atoms in total. The predicted molar refractivity (Wildman–Crippen MR) is 98.1 cm³/mol. The Hall–Kier alpha value is -1.73. The van der Waals surface area contributed by atoms with Crippen molar-refractivity contribution in [3.63, 3.8) is 0 Å². The first kappa shape index (κ1) is 18.1. The third kappa shape index (κ3) is 4.67. The first-order valence-corrected chi connectivity index (χ1v) is 9.45. The van der Waals surface area contributed by atoms with Gasteiger partial charge < -0.3 is 20.5 Å². The summed E-state index contributed by atoms with van der Waals surface area (Å²) in [5.74, 6) is -0.0737. The molecule has 6 heteroatoms. The summed E-state index contributed by atoms with van der Waals surface area (Å²) in [6.07, 6.45) is 0.280. The predicted octanol–water partition coefficient (Wildman–Crippen LogP) is 2.32. The summed E-state index contributed by atoms with van der Waals surface area (Å²) in [7, 11) is 0. The molecule has 1 saturated heterocycles. The Morgan fingerprint density at radius 1 is 1.28 bits per heavy atom. The average molecular weight is 360 g/mol. The van der Waals surface area contributed by atoms with Crippen LogP contribution in [0.2, 0.25) is 0 Å². The number of thiophene rings is 1. The van der Waals surface area contributed by atoms with E-state index in [1.807, 2.05) is 47.8 Å². The maximum atomic E-state index is 13.0. The lowest BCUT2D eigenvalue weighted by Gasteiger charge is -2.27. The van der Waals surface area contributed by atoms with E-state index in [9.17, 15) is 9.90 Å². The highest BCUT2D eigenvalue weighted by Gasteiger charge is 2.33. The fourth-order valence-corrected chi connectivity index (χ4v) is 3.78. The summed E-state index contributed by atoms with van der Waals surface area (Å²) < 4.78 is 5.77. The molecule has 1 unspecified atom stereocenters. The number of nitrogens with zero attached hydrogens (tertiary/aromatic N) is 1. The van der Waals surface area contributed by atoms with Crippen molar-refractivity contribution in [1.29, 1.82) is 0 Å². The second-order valence-corrected chi connectivity index (χ2v) is 7.27. The number of hydrogen-bond donors (Lipinski definition) is 2. The molecule has 0 radical (unpaired) electrons. The fourth-order valence-electron chi connectivity index (χ4n) is 3.08. The van der Waals surface area contributed by atoms with E-state index in [4.69, 9.17) is 10.5 Å². The average Bonchev–Trinajstić information content (AvgIpc) is 3.33. The van der Waals surface area contributed by atoms with E-state index in [1.165, 1.54) is 11.3 Å². The summed E-state index contributed by atoms with van der Waals surface area (Å²) in [5.41, 5.74) is 6.68. The number of aliphatic hydroxyl groups excluding tert-OH is 1. The van der Waals surface area contributed by atoms with Crippen molar-refractivity contribution >= 4 is 17.2 Å². The summed E-state index contributed by atoms with van der Waals surface area (Å²) in [6.45, 7) is 1.14. The second-order valence-electron chi connectivity index (χ2n) is 6.30. The number of benzene rings is 1. The van der Waals surface area contributed by atoms with Crippen molar-refractivity contribution in [1.82, 2.24) is 4.90 Å². The van der Waals surface area contributed by atoms with Crippen LogP contribution in [-0.4, -0.2) is 41.2 Å². The highest BCUT2D eigenvalue weighted by molar-refractivity contribution is 7.10. The SMILES string of the molecule is NC[C@H]1CC[C@@H](C(=O)N(Cc2ccccc2)CC(O)c2cccs2)O1. The molecule has 25 heavy (non-hydrogen) atoms. The molecule has 0 spiro atoms. The van der Waals surface area contributed by atoms with Gasteiger partial charge in [0, 0.05) is 18.0 Å². The van der Waals surface area contributed by atoms with Crippen LogP contribution in [0.1, 0.15) is 29.4 Å². The number of rotatable bonds is 7. The van der Waals surface area contributed by atoms with Gasteiger partial charge in [-0.3, -0.25) is 4.79 Å². The zero-order valence-electron chi connectivity index (χ0n) is 14.1. The van der Waals surface area contributed by atoms with E-state index in [0.29, 0.717) is 19.5 Å². The van der Waals surface area contributed by atoms with Gasteiger partial charge in [-0.2, -0.15) is 0 Å². The minimum absolute atomic E-state index is 0.0465. The highest BCUT2D eigenvalue weighted by Crippen LogP contribution is 2.25. The van der Waals surface area contributed by atoms with Gasteiger partial charge >= 0.3 is 0 Å². The quantitative estimate of drug-likeness (QED) is 0.794. The molecule has 1 fully saturated rings. The molecular weight excluding hydrogens is 336 g/mol. The van der Waals surface area contributed by atoms with E-state index in [2.05, 4.69) is 0 Å². The van der Waals surface area contributed by atoms with Crippen molar-refractivity contribution in [2.75, 3.05) is 13.1 Å². The van der Waals surface area contributed by atoms with E-state index in [0.717, 1.165) is 16.9 Å². The van der Waals surface area contributed by atoms with Gasteiger partial charge in [0.1, 0.15) is 12.2 Å². The molecule has 0 saturated carbocycles. The minimum Gasteiger partial charge on any atom is -0.386 e. The summed E-state index contributed by atoms with van der Waals surface area (Å²) in [4.78, 5) is 15.5. The lowest BCUT2D eigenvalue weighted by Crippen LogP contribution is -2.41. The third-order valence-electron chi connectivity index (χ3n) is 4.44. The second kappa shape index (κ2) is 8.58. The van der Waals surface area contributed by atoms with E-state index in [1.54, 1.807) is 4.90 Å². The number of nitrogens with two attached hydrogens (primary N) is 1. The van der Waals surface area contributed by atoms with Gasteiger partial charge in [0.05, 0.1) is 12.6 Å². The molecule has 1 amide bonds. The van der Waals surface area contributed by atoms with E-state index < -0.39 is 12.2 Å². The Bertz CT molecular complexity index is 663. The van der Waals surface area contributed by atoms with Crippen molar-refractivity contribution in [3.05, 3.63) is 58.3 Å². The molecule has 3 atom stereocenters. The normalized spacial score (nSPS) is 21.2. The molecule has 1 aliphatic heterocycles. The lowest BCUT2D eigenvalue weighted by atomic mass is 10.1. The number of carbonyl (C=O) groups is 1. The van der Waals surface area contributed by atoms with Crippen molar-refractivity contribution in [3.8, 4) is 0 Å².